The molecule has 5 rings (SSSR count). The van der Waals surface area contributed by atoms with Crippen molar-refractivity contribution >= 4 is 23.2 Å². The van der Waals surface area contributed by atoms with Crippen molar-refractivity contribution in [2.75, 3.05) is 29.9 Å². The van der Waals surface area contributed by atoms with E-state index in [0.29, 0.717) is 36.6 Å². The van der Waals surface area contributed by atoms with Gasteiger partial charge in [-0.05, 0) is 50.1 Å². The lowest BCUT2D eigenvalue weighted by atomic mass is 10.00. The molecule has 0 unspecified atom stereocenters. The second-order valence-corrected chi connectivity index (χ2v) is 8.33. The molecule has 0 saturated heterocycles. The number of hydrogen-bond donors (Lipinski definition) is 2. The molecule has 3 aromatic rings. The van der Waals surface area contributed by atoms with Gasteiger partial charge in [0.2, 0.25) is 5.95 Å². The van der Waals surface area contributed by atoms with Gasteiger partial charge in [0.05, 0.1) is 18.4 Å². The van der Waals surface area contributed by atoms with E-state index < -0.39 is 11.6 Å². The number of nitrogens with one attached hydrogen (secondary N) is 2. The highest BCUT2D eigenvalue weighted by atomic mass is 19.1. The number of halogens is 2. The van der Waals surface area contributed by atoms with Gasteiger partial charge in [-0.25, -0.2) is 18.7 Å². The topological polar surface area (TPSA) is 79.4 Å². The number of ether oxygens (including phenoxy) is 1. The molecule has 2 aromatic carbocycles. The molecule has 0 fully saturated rings. The van der Waals surface area contributed by atoms with E-state index in [1.54, 1.807) is 12.1 Å². The predicted molar refractivity (Wildman–Crippen MR) is 121 cm³/mol. The molecule has 0 atom stereocenters. The van der Waals surface area contributed by atoms with E-state index in [4.69, 9.17) is 4.74 Å². The van der Waals surface area contributed by atoms with Gasteiger partial charge in [-0.1, -0.05) is 6.07 Å². The first-order valence-electron chi connectivity index (χ1n) is 10.8. The smallest absolute Gasteiger partial charge is 0.251 e. The van der Waals surface area contributed by atoms with E-state index in [1.165, 1.54) is 6.07 Å². The van der Waals surface area contributed by atoms with Crippen LogP contribution in [0.25, 0.3) is 11.3 Å². The summed E-state index contributed by atoms with van der Waals surface area (Å²) in [6, 6.07) is 8.44. The molecule has 9 heteroatoms. The first kappa shape index (κ1) is 21.1. The molecule has 0 spiro atoms. The van der Waals surface area contributed by atoms with Gasteiger partial charge in [-0.2, -0.15) is 0 Å². The van der Waals surface area contributed by atoms with Crippen molar-refractivity contribution in [1.29, 1.82) is 0 Å². The summed E-state index contributed by atoms with van der Waals surface area (Å²) < 4.78 is 35.1. The zero-order chi connectivity index (χ0) is 23.1. The Hall–Kier alpha value is -3.75. The Morgan fingerprint density at radius 2 is 2.03 bits per heavy atom. The number of carbonyl (C=O) groups excluding carboxylic acids is 1. The van der Waals surface area contributed by atoms with E-state index in [0.717, 1.165) is 18.2 Å². The van der Waals surface area contributed by atoms with Crippen LogP contribution in [-0.4, -0.2) is 41.6 Å². The fourth-order valence-electron chi connectivity index (χ4n) is 4.22. The predicted octanol–water partition coefficient (Wildman–Crippen LogP) is 4.06. The van der Waals surface area contributed by atoms with Crippen LogP contribution in [0.3, 0.4) is 0 Å². The van der Waals surface area contributed by atoms with Crippen LogP contribution in [0.1, 0.15) is 29.8 Å². The summed E-state index contributed by atoms with van der Waals surface area (Å²) in [7, 11) is 0. The number of rotatable bonds is 4. The maximum atomic E-state index is 14.9. The normalized spacial score (nSPS) is 14.9. The molecule has 0 aliphatic carbocycles. The summed E-state index contributed by atoms with van der Waals surface area (Å²) in [6.45, 7) is 5.62. The average Bonchev–Trinajstić information content (AvgIpc) is 2.80. The van der Waals surface area contributed by atoms with E-state index >= 15 is 0 Å². The molecule has 1 amide bonds. The van der Waals surface area contributed by atoms with E-state index in [1.807, 2.05) is 30.9 Å². The summed E-state index contributed by atoms with van der Waals surface area (Å²) >= 11 is 0. The Morgan fingerprint density at radius 3 is 2.85 bits per heavy atom. The molecule has 2 N–H and O–H groups in total. The van der Waals surface area contributed by atoms with E-state index in [9.17, 15) is 13.6 Å². The quantitative estimate of drug-likeness (QED) is 0.623. The second-order valence-electron chi connectivity index (χ2n) is 8.33. The lowest BCUT2D eigenvalue weighted by Gasteiger charge is -2.34. The van der Waals surface area contributed by atoms with Crippen LogP contribution < -0.4 is 20.3 Å². The van der Waals surface area contributed by atoms with Gasteiger partial charge in [0.25, 0.3) is 5.91 Å². The third kappa shape index (κ3) is 3.94. The van der Waals surface area contributed by atoms with E-state index in [-0.39, 0.29) is 34.9 Å². The molecular weight excluding hydrogens is 428 g/mol. The zero-order valence-corrected chi connectivity index (χ0v) is 18.3. The lowest BCUT2D eigenvalue weighted by molar-refractivity contribution is 0.0946. The molecule has 0 saturated carbocycles. The Kier molecular flexibility index (Phi) is 5.32. The Balaban J connectivity index is 1.50. The van der Waals surface area contributed by atoms with Gasteiger partial charge < -0.3 is 20.3 Å². The fourth-order valence-corrected chi connectivity index (χ4v) is 4.22. The van der Waals surface area contributed by atoms with Gasteiger partial charge in [-0.15, -0.1) is 0 Å². The minimum Gasteiger partial charge on any atom is -0.486 e. The fraction of sp³-hybridized carbons (Fsp3) is 0.292. The lowest BCUT2D eigenvalue weighted by Crippen LogP contribution is -2.38. The summed E-state index contributed by atoms with van der Waals surface area (Å²) in [5.74, 6) is -1.07. The van der Waals surface area contributed by atoms with Gasteiger partial charge in [-0.3, -0.25) is 4.79 Å². The van der Waals surface area contributed by atoms with Crippen LogP contribution in [0.15, 0.2) is 36.5 Å². The Labute approximate surface area is 189 Å². The first-order valence-corrected chi connectivity index (χ1v) is 10.8. The molecule has 2 aliphatic heterocycles. The summed E-state index contributed by atoms with van der Waals surface area (Å²) in [5, 5.41) is 5.83. The van der Waals surface area contributed by atoms with Crippen molar-refractivity contribution in [3.63, 3.8) is 0 Å². The van der Waals surface area contributed by atoms with Crippen LogP contribution >= 0.6 is 0 Å². The van der Waals surface area contributed by atoms with Crippen molar-refractivity contribution in [3.05, 3.63) is 59.3 Å². The minimum atomic E-state index is -0.669. The monoisotopic (exact) mass is 451 g/mol. The number of hydrogen-bond acceptors (Lipinski definition) is 6. The molecule has 1 aromatic heterocycles. The molecule has 0 bridgehead atoms. The number of nitrogens with zero attached hydrogens (tertiary/aromatic N) is 3. The first-order chi connectivity index (χ1) is 15.9. The largest absolute Gasteiger partial charge is 0.486 e. The highest BCUT2D eigenvalue weighted by Gasteiger charge is 2.26. The summed E-state index contributed by atoms with van der Waals surface area (Å²) in [4.78, 5) is 22.5. The van der Waals surface area contributed by atoms with Crippen LogP contribution in [-0.2, 0) is 6.42 Å². The van der Waals surface area contributed by atoms with Crippen LogP contribution in [0.5, 0.6) is 5.75 Å². The maximum Gasteiger partial charge on any atom is 0.251 e. The standard InChI is InChI=1S/C24H23F2N5O2/c1-13(2)31-7-8-33-22-18(25)9-15(10-20(22)31)21-19(26)12-28-24(30-21)29-16-4-3-14-5-6-27-23(32)17(14)11-16/h3-4,9-13H,5-8H2,1-2H3,(H,27,32)(H,28,29,30). The van der Waals surface area contributed by atoms with Crippen LogP contribution in [0, 0.1) is 11.6 Å². The maximum absolute atomic E-state index is 14.9. The highest BCUT2D eigenvalue weighted by Crippen LogP contribution is 2.39. The van der Waals surface area contributed by atoms with Gasteiger partial charge in [0, 0.05) is 29.4 Å². The third-order valence-corrected chi connectivity index (χ3v) is 5.84. The summed E-state index contributed by atoms with van der Waals surface area (Å²) in [6.07, 6.45) is 1.81. The molecule has 0 radical (unpaired) electrons. The molecule has 170 valence electrons. The third-order valence-electron chi connectivity index (χ3n) is 5.84. The minimum absolute atomic E-state index is 0.0285. The summed E-state index contributed by atoms with van der Waals surface area (Å²) in [5.41, 5.74) is 2.97. The average molecular weight is 451 g/mol. The molecule has 7 nitrogen and oxygen atoms in total. The molecule has 33 heavy (non-hydrogen) atoms. The van der Waals surface area contributed by atoms with Crippen molar-refractivity contribution in [3.8, 4) is 17.0 Å². The number of fused-ring (bicyclic) bond motifs is 2. The van der Waals surface area contributed by atoms with E-state index in [2.05, 4.69) is 20.6 Å². The van der Waals surface area contributed by atoms with Crippen molar-refractivity contribution in [1.82, 2.24) is 15.3 Å². The molecular formula is C24H23F2N5O2. The molecule has 2 aliphatic rings. The zero-order valence-electron chi connectivity index (χ0n) is 18.3. The van der Waals surface area contributed by atoms with Crippen molar-refractivity contribution < 1.29 is 18.3 Å². The van der Waals surface area contributed by atoms with Gasteiger partial charge in [0.1, 0.15) is 12.3 Å². The van der Waals surface area contributed by atoms with Gasteiger partial charge >= 0.3 is 0 Å². The highest BCUT2D eigenvalue weighted by molar-refractivity contribution is 5.97. The van der Waals surface area contributed by atoms with Crippen LogP contribution in [0.4, 0.5) is 26.1 Å². The SMILES string of the molecule is CC(C)N1CCOc2c(F)cc(-c3nc(Nc4ccc5c(c4)C(=O)NCC5)ncc3F)cc21. The van der Waals surface area contributed by atoms with Crippen molar-refractivity contribution in [2.24, 2.45) is 0 Å². The number of carbonyl (C=O) groups is 1. The van der Waals surface area contributed by atoms with Crippen molar-refractivity contribution in [2.45, 2.75) is 26.3 Å². The number of benzene rings is 2. The number of amides is 1. The Morgan fingerprint density at radius 1 is 1.18 bits per heavy atom. The molecule has 3 heterocycles. The second kappa shape index (κ2) is 8.31. The van der Waals surface area contributed by atoms with Gasteiger partial charge in [0.15, 0.2) is 17.4 Å². The number of aromatic nitrogens is 2. The Bertz CT molecular complexity index is 1250. The number of anilines is 3. The van der Waals surface area contributed by atoms with Crippen LogP contribution in [0.2, 0.25) is 0 Å².